The number of likely N-dealkylation sites (tertiary alicyclic amines) is 2. The van der Waals surface area contributed by atoms with Gasteiger partial charge in [0, 0.05) is 43.7 Å². The van der Waals surface area contributed by atoms with Gasteiger partial charge in [-0.25, -0.2) is 0 Å². The topological polar surface area (TPSA) is 58.8 Å². The second-order valence-electron chi connectivity index (χ2n) is 7.55. The van der Waals surface area contributed by atoms with E-state index in [-0.39, 0.29) is 11.3 Å². The Hall–Kier alpha value is -2.18. The quantitative estimate of drug-likeness (QED) is 0.824. The monoisotopic (exact) mass is 355 g/mol. The summed E-state index contributed by atoms with van der Waals surface area (Å²) in [4.78, 5) is 21.2. The molecule has 4 heterocycles. The Morgan fingerprint density at radius 1 is 1.35 bits per heavy atom. The molecule has 26 heavy (non-hydrogen) atoms. The standard InChI is InChI=1S/C20H25N3O3/c1-22-11-16(12-25-13-17-5-2-3-8-21-17)20(14-22)7-9-23(15-20)19(24)18-6-4-10-26-18/h2-6,8,10,16H,7,9,11-15H2,1H3/t16-,20+/m1/s1. The highest BCUT2D eigenvalue weighted by Crippen LogP contribution is 2.44. The number of rotatable bonds is 5. The van der Waals surface area contributed by atoms with Crippen LogP contribution in [0.5, 0.6) is 0 Å². The number of nitrogens with zero attached hydrogens (tertiary/aromatic N) is 3. The average molecular weight is 355 g/mol. The minimum Gasteiger partial charge on any atom is -0.459 e. The Kier molecular flexibility index (Phi) is 4.78. The smallest absolute Gasteiger partial charge is 0.289 e. The minimum atomic E-state index is -0.00502. The van der Waals surface area contributed by atoms with Gasteiger partial charge in [-0.3, -0.25) is 9.78 Å². The lowest BCUT2D eigenvalue weighted by atomic mass is 9.77. The molecule has 138 valence electrons. The summed E-state index contributed by atoms with van der Waals surface area (Å²) in [5, 5.41) is 0. The van der Waals surface area contributed by atoms with Gasteiger partial charge < -0.3 is 19.0 Å². The Morgan fingerprint density at radius 3 is 3.04 bits per heavy atom. The number of pyridine rings is 1. The van der Waals surface area contributed by atoms with E-state index < -0.39 is 0 Å². The summed E-state index contributed by atoms with van der Waals surface area (Å²) in [6, 6.07) is 9.37. The zero-order valence-electron chi connectivity index (χ0n) is 15.1. The molecular weight excluding hydrogens is 330 g/mol. The van der Waals surface area contributed by atoms with Gasteiger partial charge in [-0.1, -0.05) is 6.07 Å². The van der Waals surface area contributed by atoms with Gasteiger partial charge in [0.15, 0.2) is 5.76 Å². The molecule has 0 unspecified atom stereocenters. The van der Waals surface area contributed by atoms with Crippen molar-refractivity contribution < 1.29 is 13.9 Å². The van der Waals surface area contributed by atoms with Crippen LogP contribution in [-0.2, 0) is 11.3 Å². The highest BCUT2D eigenvalue weighted by Gasteiger charge is 2.50. The Bertz CT molecular complexity index is 734. The predicted molar refractivity (Wildman–Crippen MR) is 96.5 cm³/mol. The summed E-state index contributed by atoms with van der Waals surface area (Å²) in [6.45, 7) is 4.80. The molecule has 2 saturated heterocycles. The van der Waals surface area contributed by atoms with E-state index in [0.717, 1.165) is 38.3 Å². The van der Waals surface area contributed by atoms with Crippen LogP contribution in [0.4, 0.5) is 0 Å². The number of furan rings is 1. The normalized spacial score (nSPS) is 26.0. The maximum atomic E-state index is 12.6. The summed E-state index contributed by atoms with van der Waals surface area (Å²) in [5.74, 6) is 0.844. The summed E-state index contributed by atoms with van der Waals surface area (Å²) in [6.07, 6.45) is 4.36. The van der Waals surface area contributed by atoms with Crippen molar-refractivity contribution in [3.05, 3.63) is 54.2 Å². The average Bonchev–Trinajstić information content (AvgIpc) is 3.37. The highest BCUT2D eigenvalue weighted by atomic mass is 16.5. The van der Waals surface area contributed by atoms with Gasteiger partial charge in [-0.2, -0.15) is 0 Å². The second-order valence-corrected chi connectivity index (χ2v) is 7.55. The molecule has 0 bridgehead atoms. The van der Waals surface area contributed by atoms with Crippen molar-refractivity contribution in [3.63, 3.8) is 0 Å². The summed E-state index contributed by atoms with van der Waals surface area (Å²) < 4.78 is 11.3. The number of aromatic nitrogens is 1. The van der Waals surface area contributed by atoms with Crippen molar-refractivity contribution in [2.75, 3.05) is 39.8 Å². The number of hydrogen-bond donors (Lipinski definition) is 0. The first kappa shape index (κ1) is 17.2. The van der Waals surface area contributed by atoms with Crippen LogP contribution in [-0.4, -0.2) is 60.5 Å². The Morgan fingerprint density at radius 2 is 2.27 bits per heavy atom. The van der Waals surface area contributed by atoms with Gasteiger partial charge in [0.2, 0.25) is 0 Å². The van der Waals surface area contributed by atoms with Gasteiger partial charge in [0.25, 0.3) is 5.91 Å². The maximum Gasteiger partial charge on any atom is 0.289 e. The van der Waals surface area contributed by atoms with Crippen LogP contribution < -0.4 is 0 Å². The van der Waals surface area contributed by atoms with E-state index in [1.54, 1.807) is 24.6 Å². The molecule has 0 radical (unpaired) electrons. The molecular formula is C20H25N3O3. The number of ether oxygens (including phenoxy) is 1. The van der Waals surface area contributed by atoms with Crippen LogP contribution >= 0.6 is 0 Å². The van der Waals surface area contributed by atoms with Crippen LogP contribution in [0.2, 0.25) is 0 Å². The molecule has 4 rings (SSSR count). The molecule has 0 aromatic carbocycles. The zero-order chi connectivity index (χ0) is 18.0. The third kappa shape index (κ3) is 3.39. The third-order valence-electron chi connectivity index (χ3n) is 5.68. The first-order valence-electron chi connectivity index (χ1n) is 9.15. The third-order valence-corrected chi connectivity index (χ3v) is 5.68. The van der Waals surface area contributed by atoms with E-state index in [2.05, 4.69) is 16.9 Å². The van der Waals surface area contributed by atoms with E-state index >= 15 is 0 Å². The number of carbonyl (C=O) groups excluding carboxylic acids is 1. The fourth-order valence-electron chi connectivity index (χ4n) is 4.41. The Balaban J connectivity index is 1.39. The van der Waals surface area contributed by atoms with Crippen LogP contribution in [0, 0.1) is 11.3 Å². The lowest BCUT2D eigenvalue weighted by Crippen LogP contribution is -2.38. The van der Waals surface area contributed by atoms with E-state index in [9.17, 15) is 4.79 Å². The molecule has 0 aliphatic carbocycles. The van der Waals surface area contributed by atoms with Crippen molar-refractivity contribution in [1.82, 2.24) is 14.8 Å². The largest absolute Gasteiger partial charge is 0.459 e. The molecule has 6 nitrogen and oxygen atoms in total. The molecule has 0 saturated carbocycles. The number of hydrogen-bond acceptors (Lipinski definition) is 5. The Labute approximate surface area is 153 Å². The first-order chi connectivity index (χ1) is 12.7. The van der Waals surface area contributed by atoms with Crippen molar-refractivity contribution in [2.45, 2.75) is 13.0 Å². The van der Waals surface area contributed by atoms with Crippen molar-refractivity contribution in [2.24, 2.45) is 11.3 Å². The molecule has 2 fully saturated rings. The van der Waals surface area contributed by atoms with E-state index in [4.69, 9.17) is 9.15 Å². The van der Waals surface area contributed by atoms with Crippen molar-refractivity contribution in [3.8, 4) is 0 Å². The molecule has 0 N–H and O–H groups in total. The van der Waals surface area contributed by atoms with Crippen LogP contribution in [0.15, 0.2) is 47.2 Å². The minimum absolute atomic E-state index is 0.00502. The number of carbonyl (C=O) groups is 1. The molecule has 2 aromatic rings. The molecule has 2 aliphatic rings. The van der Waals surface area contributed by atoms with Crippen LogP contribution in [0.1, 0.15) is 22.7 Å². The predicted octanol–water partition coefficient (Wildman–Crippen LogP) is 2.29. The van der Waals surface area contributed by atoms with E-state index in [1.807, 2.05) is 23.1 Å². The first-order valence-corrected chi connectivity index (χ1v) is 9.15. The van der Waals surface area contributed by atoms with E-state index in [0.29, 0.717) is 24.9 Å². The van der Waals surface area contributed by atoms with E-state index in [1.165, 1.54) is 0 Å². The summed E-state index contributed by atoms with van der Waals surface area (Å²) in [7, 11) is 2.15. The van der Waals surface area contributed by atoms with Crippen molar-refractivity contribution >= 4 is 5.91 Å². The lowest BCUT2D eigenvalue weighted by Gasteiger charge is -2.30. The lowest BCUT2D eigenvalue weighted by molar-refractivity contribution is 0.0478. The fourth-order valence-corrected chi connectivity index (χ4v) is 4.41. The molecule has 1 amide bonds. The van der Waals surface area contributed by atoms with Gasteiger partial charge >= 0.3 is 0 Å². The highest BCUT2D eigenvalue weighted by molar-refractivity contribution is 5.91. The van der Waals surface area contributed by atoms with Gasteiger partial charge in [0.05, 0.1) is 25.2 Å². The van der Waals surface area contributed by atoms with Crippen LogP contribution in [0.25, 0.3) is 0 Å². The maximum absolute atomic E-state index is 12.6. The molecule has 6 heteroatoms. The zero-order valence-corrected chi connectivity index (χ0v) is 15.1. The van der Waals surface area contributed by atoms with Crippen LogP contribution in [0.3, 0.4) is 0 Å². The molecule has 2 aromatic heterocycles. The molecule has 2 atom stereocenters. The van der Waals surface area contributed by atoms with Gasteiger partial charge in [-0.15, -0.1) is 0 Å². The summed E-state index contributed by atoms with van der Waals surface area (Å²) >= 11 is 0. The SMILES string of the molecule is CN1C[C@H](COCc2ccccn2)[C@@]2(CCN(C(=O)c3ccco3)C2)C1. The summed E-state index contributed by atoms with van der Waals surface area (Å²) in [5.41, 5.74) is 1.06. The van der Waals surface area contributed by atoms with Crippen molar-refractivity contribution in [1.29, 1.82) is 0 Å². The second kappa shape index (κ2) is 7.21. The molecule has 2 aliphatic heterocycles. The fraction of sp³-hybridized carbons (Fsp3) is 0.500. The number of amides is 1. The molecule has 1 spiro atoms. The van der Waals surface area contributed by atoms with Gasteiger partial charge in [0.1, 0.15) is 0 Å². The van der Waals surface area contributed by atoms with Gasteiger partial charge in [-0.05, 0) is 37.7 Å².